The van der Waals surface area contributed by atoms with Crippen molar-refractivity contribution >= 4 is 62.6 Å². The number of ether oxygens (including phenoxy) is 4. The highest BCUT2D eigenvalue weighted by atomic mass is 32.1. The van der Waals surface area contributed by atoms with Gasteiger partial charge in [0.25, 0.3) is 0 Å². The third-order valence-electron chi connectivity index (χ3n) is 18.7. The number of halogens is 1. The maximum atomic E-state index is 17.7. The number of hydrogen-bond donors (Lipinski definition) is 2. The Morgan fingerprint density at radius 2 is 1.66 bits per heavy atom. The second-order valence-electron chi connectivity index (χ2n) is 26.6. The van der Waals surface area contributed by atoms with Crippen LogP contribution in [0.25, 0.3) is 43.4 Å². The van der Waals surface area contributed by atoms with Gasteiger partial charge in [0.05, 0.1) is 52.3 Å². The normalized spacial score (nSPS) is 20.7. The third kappa shape index (κ3) is 13.2. The van der Waals surface area contributed by atoms with Gasteiger partial charge >= 0.3 is 12.1 Å². The predicted molar refractivity (Wildman–Crippen MR) is 343 cm³/mol. The van der Waals surface area contributed by atoms with Gasteiger partial charge in [0.15, 0.2) is 24.2 Å². The molecule has 3 amide bonds. The van der Waals surface area contributed by atoms with Crippen LogP contribution >= 0.6 is 11.3 Å². The first-order valence-corrected chi connectivity index (χ1v) is 32.8. The zero-order valence-electron chi connectivity index (χ0n) is 53.1. The molecule has 0 spiro atoms. The Bertz CT molecular complexity index is 3720. The van der Waals surface area contributed by atoms with E-state index in [9.17, 15) is 19.5 Å². The lowest BCUT2D eigenvalue weighted by molar-refractivity contribution is -0.141. The number of hydrogen-bond acceptors (Lipinski definition) is 18. The van der Waals surface area contributed by atoms with Crippen molar-refractivity contribution in [2.24, 2.45) is 17.8 Å². The van der Waals surface area contributed by atoms with Gasteiger partial charge in [-0.3, -0.25) is 19.5 Å². The van der Waals surface area contributed by atoms with E-state index in [-0.39, 0.29) is 78.9 Å². The van der Waals surface area contributed by atoms with Crippen LogP contribution in [0.5, 0.6) is 11.8 Å². The number of thiazole rings is 1. The first-order chi connectivity index (χ1) is 43.3. The van der Waals surface area contributed by atoms with Gasteiger partial charge in [-0.1, -0.05) is 68.4 Å². The Kier molecular flexibility index (Phi) is 18.4. The van der Waals surface area contributed by atoms with Crippen LogP contribution in [0.1, 0.15) is 122 Å². The smallest absolute Gasteiger partial charge is 0.410 e. The number of piperazine rings is 1. The number of pyridine rings is 1. The van der Waals surface area contributed by atoms with Crippen molar-refractivity contribution in [2.45, 2.75) is 142 Å². The number of anilines is 2. The highest BCUT2D eigenvalue weighted by Gasteiger charge is 2.47. The van der Waals surface area contributed by atoms with Gasteiger partial charge in [-0.2, -0.15) is 9.97 Å². The van der Waals surface area contributed by atoms with Crippen molar-refractivity contribution in [3.63, 3.8) is 0 Å². The van der Waals surface area contributed by atoms with Gasteiger partial charge in [0.2, 0.25) is 11.8 Å². The molecule has 0 saturated carbocycles. The SMILES string of the molecule is CCc1cccc2cc(OCOC)cc(-c3ncc4c(N5CC6CCC(C5)N6C(=O)OC(C)(C)C)nc(OCCC5CCN(CC6CN(c7cc(C(C(=O)N8C[C@H](O)C[C@H]8C(=O)NC(C)c8ccc(-c9scnc9C)cc8)C(C)C)on7)C6)CC5)nc4c3F)c12. The Hall–Kier alpha value is -7.53. The van der Waals surface area contributed by atoms with E-state index in [0.717, 1.165) is 109 Å². The summed E-state index contributed by atoms with van der Waals surface area (Å²) in [7, 11) is 1.56. The first-order valence-electron chi connectivity index (χ1n) is 32.0. The minimum absolute atomic E-state index is 0.0266. The molecule has 0 radical (unpaired) electrons. The van der Waals surface area contributed by atoms with Crippen molar-refractivity contribution in [2.75, 3.05) is 82.7 Å². The van der Waals surface area contributed by atoms with Crippen molar-refractivity contribution in [3.8, 4) is 33.5 Å². The monoisotopic (exact) mass is 1250 g/mol. The maximum Gasteiger partial charge on any atom is 0.410 e. The Labute approximate surface area is 529 Å². The summed E-state index contributed by atoms with van der Waals surface area (Å²) in [6, 6.07) is 18.4. The fourth-order valence-corrected chi connectivity index (χ4v) is 14.9. The van der Waals surface area contributed by atoms with Gasteiger partial charge in [-0.25, -0.2) is 14.2 Å². The van der Waals surface area contributed by atoms with E-state index in [1.165, 1.54) is 4.90 Å². The lowest BCUT2D eigenvalue weighted by Crippen LogP contribution is -2.57. The minimum atomic E-state index is -0.829. The average molecular weight is 1250 g/mol. The largest absolute Gasteiger partial charge is 0.468 e. The second kappa shape index (κ2) is 26.4. The molecule has 20 nitrogen and oxygen atoms in total. The van der Waals surface area contributed by atoms with E-state index in [0.29, 0.717) is 65.6 Å². The number of methoxy groups -OCH3 is 1. The number of carbonyl (C=O) groups excluding carboxylic acids is 3. The molecule has 3 aromatic carbocycles. The molecule has 12 rings (SSSR count). The molecule has 7 aromatic rings. The van der Waals surface area contributed by atoms with Crippen LogP contribution in [0, 0.1) is 30.5 Å². The summed E-state index contributed by atoms with van der Waals surface area (Å²) in [5.74, 6) is 1.03. The van der Waals surface area contributed by atoms with E-state index < -0.39 is 29.5 Å². The topological polar surface area (TPSA) is 214 Å². The van der Waals surface area contributed by atoms with Crippen LogP contribution in [-0.4, -0.2) is 166 Å². The lowest BCUT2D eigenvalue weighted by atomic mass is 9.91. The Balaban J connectivity index is 0.666. The number of piperidine rings is 1. The van der Waals surface area contributed by atoms with Gasteiger partial charge in [-0.05, 0) is 138 Å². The fraction of sp³-hybridized carbons (Fsp3) is 0.529. The van der Waals surface area contributed by atoms with Crippen molar-refractivity contribution < 1.29 is 47.4 Å². The van der Waals surface area contributed by atoms with E-state index >= 15 is 4.39 Å². The Morgan fingerprint density at radius 3 is 2.34 bits per heavy atom. The molecule has 2 N–H and O–H groups in total. The molecule has 4 aromatic heterocycles. The highest BCUT2D eigenvalue weighted by molar-refractivity contribution is 7.13. The van der Waals surface area contributed by atoms with Crippen LogP contribution in [0.2, 0.25) is 0 Å². The molecule has 5 fully saturated rings. The van der Waals surface area contributed by atoms with E-state index in [4.69, 9.17) is 38.4 Å². The number of carbonyl (C=O) groups is 3. The van der Waals surface area contributed by atoms with Crippen LogP contribution in [0.15, 0.2) is 76.9 Å². The van der Waals surface area contributed by atoms with Crippen molar-refractivity contribution in [1.82, 2.24) is 45.1 Å². The standard InChI is InChI=1S/C68H84FN11O9S/c1-10-44-12-11-13-47-26-51(87-38-85-9)28-52(58(44)47)60-59(69)61-53(30-70-60)63(78-34-48-18-19-49(35-78)80(48)67(84)88-68(6,7)8)74-66(73-61)86-25-22-42-20-23-76(24-21-42)31-43-32-77(33-43)56-29-55(89-75-56)57(39(2)3)65(83)79-36-50(81)27-54(79)64(82)72-40(4)45-14-16-46(17-15-45)62-41(5)71-37-90-62/h11-17,26,28-30,37,39-40,42-43,48-50,54,57,81H,10,18-25,27,31-36,38H2,1-9H3,(H,72,82)/t40?,48?,49?,50-,54+,57?/m1/s1. The number of aliphatic hydroxyl groups excluding tert-OH is 1. The van der Waals surface area contributed by atoms with E-state index in [1.807, 2.05) is 120 Å². The summed E-state index contributed by atoms with van der Waals surface area (Å²) in [5, 5.41) is 20.6. The number of nitrogens with zero attached hydrogens (tertiary/aromatic N) is 10. The van der Waals surface area contributed by atoms with Crippen LogP contribution in [0.4, 0.5) is 20.8 Å². The maximum absolute atomic E-state index is 17.7. The summed E-state index contributed by atoms with van der Waals surface area (Å²) in [4.78, 5) is 72.3. The van der Waals surface area contributed by atoms with Crippen LogP contribution in [-0.2, 0) is 25.5 Å². The summed E-state index contributed by atoms with van der Waals surface area (Å²) in [5.41, 5.74) is 6.06. The third-order valence-corrected chi connectivity index (χ3v) is 19.7. The fourth-order valence-electron chi connectivity index (χ4n) is 14.1. The molecule has 22 heteroatoms. The number of rotatable bonds is 20. The average Bonchev–Trinajstić information content (AvgIpc) is 1.06. The van der Waals surface area contributed by atoms with Crippen molar-refractivity contribution in [3.05, 3.63) is 101 Å². The lowest BCUT2D eigenvalue weighted by Gasteiger charge is -2.43. The number of aromatic nitrogens is 5. The molecule has 90 heavy (non-hydrogen) atoms. The predicted octanol–water partition coefficient (Wildman–Crippen LogP) is 10.7. The van der Waals surface area contributed by atoms with Crippen LogP contribution in [0.3, 0.4) is 0 Å². The molecule has 4 unspecified atom stereocenters. The molecular formula is C68H84FN11O9S. The van der Waals surface area contributed by atoms with Gasteiger partial charge < -0.3 is 53.5 Å². The second-order valence-corrected chi connectivity index (χ2v) is 27.4. The Morgan fingerprint density at radius 1 is 0.900 bits per heavy atom. The molecule has 5 saturated heterocycles. The van der Waals surface area contributed by atoms with Gasteiger partial charge in [0.1, 0.15) is 40.3 Å². The summed E-state index contributed by atoms with van der Waals surface area (Å²) in [6.07, 6.45) is 5.82. The molecule has 478 valence electrons. The number of aliphatic hydroxyl groups is 1. The molecule has 0 aliphatic carbocycles. The number of benzene rings is 3. The van der Waals surface area contributed by atoms with Crippen LogP contribution < -0.4 is 24.6 Å². The highest BCUT2D eigenvalue weighted by Crippen LogP contribution is 2.42. The molecule has 9 heterocycles. The number of nitrogens with one attached hydrogen (secondary N) is 1. The van der Waals surface area contributed by atoms with E-state index in [1.54, 1.807) is 24.6 Å². The number of amides is 3. The quantitative estimate of drug-likeness (QED) is 0.0679. The summed E-state index contributed by atoms with van der Waals surface area (Å²) >= 11 is 1.59. The zero-order valence-corrected chi connectivity index (χ0v) is 53.9. The first kappa shape index (κ1) is 62.7. The molecule has 2 bridgehead atoms. The van der Waals surface area contributed by atoms with Gasteiger partial charge in [0, 0.05) is 76.5 Å². The van der Waals surface area contributed by atoms with E-state index in [2.05, 4.69) is 37.1 Å². The molecule has 6 atom stereocenters. The summed E-state index contributed by atoms with van der Waals surface area (Å²) in [6.45, 7) is 21.4. The zero-order chi connectivity index (χ0) is 63.1. The molecule has 5 aliphatic heterocycles. The van der Waals surface area contributed by atoms with Gasteiger partial charge in [-0.15, -0.1) is 11.3 Å². The summed E-state index contributed by atoms with van der Waals surface area (Å²) < 4.78 is 47.1. The van der Waals surface area contributed by atoms with Crippen molar-refractivity contribution in [1.29, 1.82) is 0 Å². The number of fused-ring (bicyclic) bond motifs is 4. The minimum Gasteiger partial charge on any atom is -0.468 e. The molecule has 5 aliphatic rings. The number of aryl methyl sites for hydroxylation is 2. The molecular weight excluding hydrogens is 1170 g/mol. The number of β-amino-alcohol motifs (C(OH)–C–C–N with tert-alkyl or cyclic N) is 1. The number of likely N-dealkylation sites (tertiary alicyclic amines) is 2.